The zero-order valence-corrected chi connectivity index (χ0v) is 16.7. The van der Waals surface area contributed by atoms with Gasteiger partial charge in [0.05, 0.1) is 24.7 Å². The van der Waals surface area contributed by atoms with Gasteiger partial charge in [0.2, 0.25) is 0 Å². The Kier molecular flexibility index (Phi) is 7.00. The van der Waals surface area contributed by atoms with Crippen LogP contribution in [0.15, 0.2) is 54.9 Å². The Morgan fingerprint density at radius 2 is 1.93 bits per heavy atom. The number of carboxylic acid groups (broad SMARTS) is 1. The summed E-state index contributed by atoms with van der Waals surface area (Å²) in [4.78, 5) is 38.0. The highest BCUT2D eigenvalue weighted by molar-refractivity contribution is 5.84. The molecule has 0 bridgehead atoms. The zero-order chi connectivity index (χ0) is 21.5. The average molecular weight is 412 g/mol. The molecule has 1 aromatic heterocycles. The van der Waals surface area contributed by atoms with Crippen LogP contribution in [-0.2, 0) is 21.0 Å². The molecule has 1 fully saturated rings. The van der Waals surface area contributed by atoms with Crippen molar-refractivity contribution in [3.63, 3.8) is 0 Å². The predicted molar refractivity (Wildman–Crippen MR) is 103 cm³/mol. The van der Waals surface area contributed by atoms with Gasteiger partial charge in [-0.1, -0.05) is 30.3 Å². The fourth-order valence-corrected chi connectivity index (χ4v) is 3.77. The number of piperidine rings is 1. The standard InChI is InChI=1S/C22H24N2O6/c1-29-21(27)19(16-8-3-2-4-9-16)18-11-5-6-13-24(18)22(28)30-15-23-12-7-10-17(14-23)20(25)26/h2-4,7-10,12,14,18-19H,5-6,11,13,15H2,1H3. The first-order valence-electron chi connectivity index (χ1n) is 9.78. The van der Waals surface area contributed by atoms with Crippen LogP contribution in [0.25, 0.3) is 0 Å². The van der Waals surface area contributed by atoms with E-state index in [0.29, 0.717) is 13.0 Å². The number of aromatic carboxylic acids is 1. The van der Waals surface area contributed by atoms with Crippen LogP contribution in [0, 0.1) is 0 Å². The second kappa shape index (κ2) is 9.87. The second-order valence-electron chi connectivity index (χ2n) is 7.10. The maximum atomic E-state index is 12.9. The van der Waals surface area contributed by atoms with Crippen LogP contribution >= 0.6 is 0 Å². The van der Waals surface area contributed by atoms with E-state index < -0.39 is 23.9 Å². The fourth-order valence-electron chi connectivity index (χ4n) is 3.77. The highest BCUT2D eigenvalue weighted by atomic mass is 16.6. The van der Waals surface area contributed by atoms with Crippen LogP contribution in [-0.4, -0.2) is 42.6 Å². The predicted octanol–water partition coefficient (Wildman–Crippen LogP) is 1.24. The van der Waals surface area contributed by atoms with E-state index in [1.807, 2.05) is 30.3 Å². The first kappa shape index (κ1) is 21.3. The summed E-state index contributed by atoms with van der Waals surface area (Å²) in [5.41, 5.74) is 0.768. The van der Waals surface area contributed by atoms with Crippen molar-refractivity contribution in [1.82, 2.24) is 4.90 Å². The van der Waals surface area contributed by atoms with E-state index in [1.54, 1.807) is 11.1 Å². The molecule has 1 saturated heterocycles. The van der Waals surface area contributed by atoms with Gasteiger partial charge in [-0.15, -0.1) is 0 Å². The summed E-state index contributed by atoms with van der Waals surface area (Å²) >= 11 is 0. The molecule has 8 heteroatoms. The van der Waals surface area contributed by atoms with Crippen LogP contribution in [0.5, 0.6) is 0 Å². The fraction of sp³-hybridized carbons (Fsp3) is 0.364. The topological polar surface area (TPSA) is 99.9 Å². The Morgan fingerprint density at radius 3 is 2.63 bits per heavy atom. The number of carboxylic acids is 1. The molecule has 0 radical (unpaired) electrons. The van der Waals surface area contributed by atoms with E-state index in [0.717, 1.165) is 18.4 Å². The van der Waals surface area contributed by atoms with E-state index in [2.05, 4.69) is 0 Å². The van der Waals surface area contributed by atoms with Crippen LogP contribution in [0.2, 0.25) is 0 Å². The maximum Gasteiger partial charge on any atom is 0.414 e. The number of aromatic nitrogens is 1. The Morgan fingerprint density at radius 1 is 1.17 bits per heavy atom. The molecule has 1 aliphatic heterocycles. The second-order valence-corrected chi connectivity index (χ2v) is 7.10. The minimum absolute atomic E-state index is 0.0146. The molecule has 3 rings (SSSR count). The number of esters is 1. The number of carbonyl (C=O) groups is 3. The number of likely N-dealkylation sites (tertiary alicyclic amines) is 1. The number of pyridine rings is 1. The number of ether oxygens (including phenoxy) is 2. The highest BCUT2D eigenvalue weighted by Crippen LogP contribution is 2.32. The smallest absolute Gasteiger partial charge is 0.414 e. The molecule has 2 aromatic rings. The van der Waals surface area contributed by atoms with Crippen molar-refractivity contribution in [3.8, 4) is 0 Å². The van der Waals surface area contributed by atoms with Gasteiger partial charge in [-0.3, -0.25) is 4.79 Å². The number of benzene rings is 1. The summed E-state index contributed by atoms with van der Waals surface area (Å²) < 4.78 is 11.9. The lowest BCUT2D eigenvalue weighted by atomic mass is 9.85. The van der Waals surface area contributed by atoms with Gasteiger partial charge in [-0.2, -0.15) is 4.57 Å². The van der Waals surface area contributed by atoms with E-state index in [4.69, 9.17) is 9.47 Å². The Hall–Kier alpha value is -3.42. The molecular formula is C22H24N2O6. The van der Waals surface area contributed by atoms with Crippen molar-refractivity contribution in [2.24, 2.45) is 0 Å². The Balaban J connectivity index is 1.77. The number of hydrogen-bond donors (Lipinski definition) is 0. The lowest BCUT2D eigenvalue weighted by molar-refractivity contribution is -0.727. The number of amides is 1. The molecule has 2 atom stereocenters. The number of rotatable bonds is 6. The molecule has 8 nitrogen and oxygen atoms in total. The third-order valence-electron chi connectivity index (χ3n) is 5.21. The summed E-state index contributed by atoms with van der Waals surface area (Å²) in [6, 6.07) is 11.8. The first-order chi connectivity index (χ1) is 14.5. The SMILES string of the molecule is COC(=O)C(c1ccccc1)C1CCCCN1C(=O)OC[n+]1cccc(C(=O)[O-])c1. The van der Waals surface area contributed by atoms with E-state index in [-0.39, 0.29) is 18.3 Å². The molecule has 0 aliphatic carbocycles. The lowest BCUT2D eigenvalue weighted by Crippen LogP contribution is -2.50. The summed E-state index contributed by atoms with van der Waals surface area (Å²) in [5.74, 6) is -2.32. The lowest BCUT2D eigenvalue weighted by Gasteiger charge is -2.38. The minimum atomic E-state index is -1.31. The van der Waals surface area contributed by atoms with Crippen LogP contribution in [0.3, 0.4) is 0 Å². The number of hydrogen-bond acceptors (Lipinski definition) is 6. The molecule has 2 heterocycles. The third kappa shape index (κ3) is 4.94. The molecule has 0 N–H and O–H groups in total. The molecule has 1 amide bonds. The first-order valence-corrected chi connectivity index (χ1v) is 9.78. The number of carbonyl (C=O) groups excluding carboxylic acids is 3. The van der Waals surface area contributed by atoms with Crippen molar-refractivity contribution in [2.45, 2.75) is 38.0 Å². The summed E-state index contributed by atoms with van der Waals surface area (Å²) in [6.45, 7) is 0.310. The van der Waals surface area contributed by atoms with Gasteiger partial charge in [0.1, 0.15) is 5.92 Å². The number of nitrogens with zero attached hydrogens (tertiary/aromatic N) is 2. The van der Waals surface area contributed by atoms with Crippen molar-refractivity contribution in [3.05, 3.63) is 66.0 Å². The largest absolute Gasteiger partial charge is 0.545 e. The molecule has 1 aromatic carbocycles. The normalized spacial score (nSPS) is 17.1. The molecule has 2 unspecified atom stereocenters. The van der Waals surface area contributed by atoms with Gasteiger partial charge < -0.3 is 24.3 Å². The molecule has 1 aliphatic rings. The van der Waals surface area contributed by atoms with E-state index >= 15 is 0 Å². The molecule has 30 heavy (non-hydrogen) atoms. The van der Waals surface area contributed by atoms with Gasteiger partial charge in [0, 0.05) is 12.6 Å². The van der Waals surface area contributed by atoms with Crippen LogP contribution in [0.4, 0.5) is 4.79 Å². The molecule has 158 valence electrons. The van der Waals surface area contributed by atoms with E-state index in [9.17, 15) is 19.5 Å². The van der Waals surface area contributed by atoms with Gasteiger partial charge in [0.25, 0.3) is 6.73 Å². The zero-order valence-electron chi connectivity index (χ0n) is 16.7. The van der Waals surface area contributed by atoms with Gasteiger partial charge in [-0.05, 0) is 30.9 Å². The van der Waals surface area contributed by atoms with Crippen molar-refractivity contribution < 1.29 is 33.5 Å². The molecule has 0 saturated carbocycles. The molecular weight excluding hydrogens is 388 g/mol. The van der Waals surface area contributed by atoms with Crippen molar-refractivity contribution in [2.75, 3.05) is 13.7 Å². The number of methoxy groups -OCH3 is 1. The summed E-state index contributed by atoms with van der Waals surface area (Å²) in [5, 5.41) is 11.0. The quantitative estimate of drug-likeness (QED) is 0.523. The molecule has 0 spiro atoms. The highest BCUT2D eigenvalue weighted by Gasteiger charge is 2.39. The maximum absolute atomic E-state index is 12.9. The summed E-state index contributed by atoms with van der Waals surface area (Å²) in [7, 11) is 1.34. The van der Waals surface area contributed by atoms with Gasteiger partial charge in [-0.25, -0.2) is 4.79 Å². The van der Waals surface area contributed by atoms with Crippen molar-refractivity contribution >= 4 is 18.0 Å². The monoisotopic (exact) mass is 412 g/mol. The minimum Gasteiger partial charge on any atom is -0.545 e. The van der Waals surface area contributed by atoms with Crippen LogP contribution < -0.4 is 9.67 Å². The Bertz CT molecular complexity index is 902. The van der Waals surface area contributed by atoms with Crippen LogP contribution in [0.1, 0.15) is 41.1 Å². The Labute approximate surface area is 174 Å². The van der Waals surface area contributed by atoms with Gasteiger partial charge in [0.15, 0.2) is 12.4 Å². The van der Waals surface area contributed by atoms with E-state index in [1.165, 1.54) is 30.0 Å². The summed E-state index contributed by atoms with van der Waals surface area (Å²) in [6.07, 6.45) is 4.71. The average Bonchev–Trinajstić information content (AvgIpc) is 2.78. The van der Waals surface area contributed by atoms with Crippen molar-refractivity contribution in [1.29, 1.82) is 0 Å². The third-order valence-corrected chi connectivity index (χ3v) is 5.21. The van der Waals surface area contributed by atoms with Gasteiger partial charge >= 0.3 is 12.1 Å².